The molecule has 3 aliphatic rings. The third kappa shape index (κ3) is 4.54. The molecule has 2 aromatic rings. The number of imide groups is 1. The average Bonchev–Trinajstić information content (AvgIpc) is 3.54. The molecule has 2 aliphatic heterocycles. The van der Waals surface area contributed by atoms with Crippen LogP contribution in [-0.4, -0.2) is 57.7 Å². The molecule has 178 valence electrons. The van der Waals surface area contributed by atoms with Gasteiger partial charge in [-0.25, -0.2) is 9.78 Å². The van der Waals surface area contributed by atoms with Gasteiger partial charge in [0, 0.05) is 36.9 Å². The van der Waals surface area contributed by atoms with E-state index in [-0.39, 0.29) is 42.8 Å². The van der Waals surface area contributed by atoms with Crippen LogP contribution in [0.2, 0.25) is 0 Å². The van der Waals surface area contributed by atoms with Crippen LogP contribution in [0.4, 0.5) is 9.93 Å². The molecule has 0 bridgehead atoms. The van der Waals surface area contributed by atoms with E-state index < -0.39 is 0 Å². The van der Waals surface area contributed by atoms with Gasteiger partial charge < -0.3 is 10.2 Å². The van der Waals surface area contributed by atoms with Crippen molar-refractivity contribution in [1.29, 1.82) is 0 Å². The summed E-state index contributed by atoms with van der Waals surface area (Å²) in [6.45, 7) is 1.25. The maximum Gasteiger partial charge on any atom is 0.321 e. The summed E-state index contributed by atoms with van der Waals surface area (Å²) in [7, 11) is 0. The van der Waals surface area contributed by atoms with Crippen molar-refractivity contribution in [3.05, 3.63) is 46.0 Å². The largest absolute Gasteiger partial charge is 0.337 e. The molecule has 0 atom stereocenters. The van der Waals surface area contributed by atoms with Crippen molar-refractivity contribution in [3.63, 3.8) is 0 Å². The molecule has 0 radical (unpaired) electrons. The maximum absolute atomic E-state index is 12.8. The van der Waals surface area contributed by atoms with Crippen LogP contribution in [0.15, 0.2) is 24.3 Å². The number of aromatic nitrogens is 1. The van der Waals surface area contributed by atoms with Crippen molar-refractivity contribution in [3.8, 4) is 0 Å². The van der Waals surface area contributed by atoms with E-state index in [2.05, 4.69) is 15.6 Å². The predicted octanol–water partition coefficient (Wildman–Crippen LogP) is 3.17. The predicted molar refractivity (Wildman–Crippen MR) is 127 cm³/mol. The van der Waals surface area contributed by atoms with E-state index in [9.17, 15) is 19.2 Å². The van der Waals surface area contributed by atoms with Gasteiger partial charge in [0.05, 0.1) is 23.4 Å². The summed E-state index contributed by atoms with van der Waals surface area (Å²) in [6, 6.07) is 6.81. The van der Waals surface area contributed by atoms with Crippen LogP contribution in [0.25, 0.3) is 0 Å². The average molecular weight is 482 g/mol. The quantitative estimate of drug-likeness (QED) is 0.616. The van der Waals surface area contributed by atoms with Crippen molar-refractivity contribution in [1.82, 2.24) is 20.1 Å². The number of rotatable bonds is 6. The highest BCUT2D eigenvalue weighted by Crippen LogP contribution is 2.29. The molecule has 34 heavy (non-hydrogen) atoms. The van der Waals surface area contributed by atoms with E-state index in [1.165, 1.54) is 16.2 Å². The molecule has 3 heterocycles. The molecule has 2 N–H and O–H groups in total. The third-order valence-electron chi connectivity index (χ3n) is 6.65. The number of benzene rings is 1. The van der Waals surface area contributed by atoms with Crippen molar-refractivity contribution < 1.29 is 19.2 Å². The summed E-state index contributed by atoms with van der Waals surface area (Å²) in [6.07, 6.45) is 5.66. The number of carbonyl (C=O) groups is 4. The fourth-order valence-corrected chi connectivity index (χ4v) is 5.86. The molecule has 10 heteroatoms. The van der Waals surface area contributed by atoms with E-state index in [1.807, 2.05) is 0 Å². The Kier molecular flexibility index (Phi) is 6.32. The topological polar surface area (TPSA) is 112 Å². The first kappa shape index (κ1) is 22.5. The Morgan fingerprint density at radius 1 is 1.09 bits per heavy atom. The van der Waals surface area contributed by atoms with Crippen molar-refractivity contribution >= 4 is 40.2 Å². The number of nitrogens with zero attached hydrogens (tertiary/aromatic N) is 3. The van der Waals surface area contributed by atoms with Crippen LogP contribution >= 0.6 is 11.3 Å². The van der Waals surface area contributed by atoms with E-state index in [4.69, 9.17) is 0 Å². The lowest BCUT2D eigenvalue weighted by Gasteiger charge is -2.26. The SMILES string of the molecule is O=C(Nc1nc2c(s1)CN(C(=O)CCCN1C(=O)c3ccccc3C1=O)CC2)NC1CCCC1. The molecule has 0 saturated heterocycles. The molecule has 1 aromatic carbocycles. The molecular weight excluding hydrogens is 454 g/mol. The number of carbonyl (C=O) groups excluding carboxylic acids is 4. The summed E-state index contributed by atoms with van der Waals surface area (Å²) in [5, 5.41) is 6.39. The van der Waals surface area contributed by atoms with Crippen LogP contribution in [0, 0.1) is 0 Å². The Morgan fingerprint density at radius 3 is 2.50 bits per heavy atom. The van der Waals surface area contributed by atoms with Gasteiger partial charge in [-0.1, -0.05) is 36.3 Å². The third-order valence-corrected chi connectivity index (χ3v) is 7.64. The summed E-state index contributed by atoms with van der Waals surface area (Å²) < 4.78 is 0. The lowest BCUT2D eigenvalue weighted by molar-refractivity contribution is -0.132. The zero-order chi connectivity index (χ0) is 23.7. The smallest absolute Gasteiger partial charge is 0.321 e. The fraction of sp³-hybridized carbons (Fsp3) is 0.458. The van der Waals surface area contributed by atoms with Gasteiger partial charge in [0.2, 0.25) is 5.91 Å². The van der Waals surface area contributed by atoms with E-state index in [1.54, 1.807) is 29.2 Å². The van der Waals surface area contributed by atoms with Crippen LogP contribution in [-0.2, 0) is 17.8 Å². The highest BCUT2D eigenvalue weighted by molar-refractivity contribution is 7.15. The second-order valence-corrected chi connectivity index (χ2v) is 10.0. The van der Waals surface area contributed by atoms with Gasteiger partial charge in [-0.15, -0.1) is 0 Å². The lowest BCUT2D eigenvalue weighted by Crippen LogP contribution is -2.36. The van der Waals surface area contributed by atoms with Crippen LogP contribution in [0.1, 0.15) is 69.8 Å². The minimum absolute atomic E-state index is 0.0101. The first-order chi connectivity index (χ1) is 16.5. The highest BCUT2D eigenvalue weighted by atomic mass is 32.1. The molecule has 1 saturated carbocycles. The number of amides is 5. The van der Waals surface area contributed by atoms with E-state index >= 15 is 0 Å². The van der Waals surface area contributed by atoms with Gasteiger partial charge in [0.15, 0.2) is 5.13 Å². The molecule has 9 nitrogen and oxygen atoms in total. The van der Waals surface area contributed by atoms with Gasteiger partial charge in [0.25, 0.3) is 11.8 Å². The molecule has 1 fully saturated rings. The molecule has 0 unspecified atom stereocenters. The molecule has 5 amide bonds. The minimum atomic E-state index is -0.294. The zero-order valence-corrected chi connectivity index (χ0v) is 19.7. The Balaban J connectivity index is 1.11. The summed E-state index contributed by atoms with van der Waals surface area (Å²) in [4.78, 5) is 58.5. The highest BCUT2D eigenvalue weighted by Gasteiger charge is 2.35. The molecule has 0 spiro atoms. The zero-order valence-electron chi connectivity index (χ0n) is 18.8. The van der Waals surface area contributed by atoms with E-state index in [0.29, 0.717) is 42.2 Å². The first-order valence-corrected chi connectivity index (χ1v) is 12.6. The Bertz CT molecular complexity index is 1110. The van der Waals surface area contributed by atoms with Crippen molar-refractivity contribution in [2.24, 2.45) is 0 Å². The summed E-state index contributed by atoms with van der Waals surface area (Å²) >= 11 is 1.41. The number of nitrogens with one attached hydrogen (secondary N) is 2. The van der Waals surface area contributed by atoms with Crippen LogP contribution in [0.3, 0.4) is 0 Å². The normalized spacial score (nSPS) is 17.6. The fourth-order valence-electron chi connectivity index (χ4n) is 4.84. The second-order valence-electron chi connectivity index (χ2n) is 8.95. The minimum Gasteiger partial charge on any atom is -0.337 e. The number of hydrogen-bond donors (Lipinski definition) is 2. The molecule has 1 aliphatic carbocycles. The van der Waals surface area contributed by atoms with Crippen molar-refractivity contribution in [2.45, 2.75) is 57.5 Å². The molecule has 1 aromatic heterocycles. The Labute approximate surface area is 201 Å². The molecular formula is C24H27N5O4S. The first-order valence-electron chi connectivity index (χ1n) is 11.8. The van der Waals surface area contributed by atoms with Gasteiger partial charge in [0.1, 0.15) is 0 Å². The van der Waals surface area contributed by atoms with Gasteiger partial charge >= 0.3 is 6.03 Å². The number of anilines is 1. The second kappa shape index (κ2) is 9.54. The summed E-state index contributed by atoms with van der Waals surface area (Å²) in [5.41, 5.74) is 1.78. The molecule has 5 rings (SSSR count). The number of urea groups is 1. The van der Waals surface area contributed by atoms with Gasteiger partial charge in [-0.3, -0.25) is 24.6 Å². The van der Waals surface area contributed by atoms with Crippen molar-refractivity contribution in [2.75, 3.05) is 18.4 Å². The Hall–Kier alpha value is -3.27. The lowest BCUT2D eigenvalue weighted by atomic mass is 10.1. The van der Waals surface area contributed by atoms with Gasteiger partial charge in [-0.2, -0.15) is 0 Å². The van der Waals surface area contributed by atoms with E-state index in [0.717, 1.165) is 36.3 Å². The summed E-state index contributed by atoms with van der Waals surface area (Å²) in [5.74, 6) is -0.598. The van der Waals surface area contributed by atoms with Crippen LogP contribution < -0.4 is 10.6 Å². The number of thiazole rings is 1. The standard InChI is InChI=1S/C24H27N5O4S/c30-20(10-5-12-29-21(31)16-8-3-4-9-17(16)22(29)32)28-13-11-18-19(14-28)34-24(26-18)27-23(33)25-15-6-1-2-7-15/h3-4,8-9,15H,1-2,5-7,10-14H2,(H2,25,26,27,33). The Morgan fingerprint density at radius 2 is 1.79 bits per heavy atom. The van der Waals surface area contributed by atoms with Crippen LogP contribution in [0.5, 0.6) is 0 Å². The number of fused-ring (bicyclic) bond motifs is 2. The van der Waals surface area contributed by atoms with Gasteiger partial charge in [-0.05, 0) is 31.4 Å². The monoisotopic (exact) mass is 481 g/mol. The maximum atomic E-state index is 12.8. The number of hydrogen-bond acceptors (Lipinski definition) is 6.